The predicted molar refractivity (Wildman–Crippen MR) is 121 cm³/mol. The number of likely N-dealkylation sites (tertiary alicyclic amines) is 1. The zero-order chi connectivity index (χ0) is 21.5. The lowest BCUT2D eigenvalue weighted by atomic mass is 10.0. The number of nitrogens with zero attached hydrogens (tertiary/aromatic N) is 3. The van der Waals surface area contributed by atoms with Crippen molar-refractivity contribution < 1.29 is 9.59 Å². The molecule has 0 aliphatic carbocycles. The topological polar surface area (TPSA) is 55.9 Å². The first-order valence-corrected chi connectivity index (χ1v) is 11.3. The minimum absolute atomic E-state index is 0.0860. The van der Waals surface area contributed by atoms with Gasteiger partial charge in [-0.15, -0.1) is 0 Å². The van der Waals surface area contributed by atoms with E-state index in [1.165, 1.54) is 11.1 Å². The van der Waals surface area contributed by atoms with Crippen LogP contribution in [0.4, 0.5) is 0 Å². The highest BCUT2D eigenvalue weighted by molar-refractivity contribution is 6.35. The Hall–Kier alpha value is -2.70. The van der Waals surface area contributed by atoms with E-state index in [4.69, 9.17) is 0 Å². The van der Waals surface area contributed by atoms with Crippen LogP contribution in [0.15, 0.2) is 60.7 Å². The molecular formula is C25H32N4O2. The van der Waals surface area contributed by atoms with E-state index in [1.54, 1.807) is 4.90 Å². The zero-order valence-corrected chi connectivity index (χ0v) is 18.1. The van der Waals surface area contributed by atoms with Crippen LogP contribution in [0.2, 0.25) is 0 Å². The normalized spacial score (nSPS) is 18.6. The van der Waals surface area contributed by atoms with Crippen molar-refractivity contribution in [1.29, 1.82) is 0 Å². The molecule has 2 aliphatic heterocycles. The number of hydrogen-bond donors (Lipinski definition) is 1. The molecule has 0 saturated carbocycles. The van der Waals surface area contributed by atoms with Gasteiger partial charge in [0, 0.05) is 58.4 Å². The van der Waals surface area contributed by atoms with Crippen molar-refractivity contribution in [2.75, 3.05) is 39.3 Å². The average Bonchev–Trinajstić information content (AvgIpc) is 2.82. The molecule has 1 N–H and O–H groups in total. The van der Waals surface area contributed by atoms with Crippen molar-refractivity contribution in [2.45, 2.75) is 32.0 Å². The fourth-order valence-corrected chi connectivity index (χ4v) is 4.42. The summed E-state index contributed by atoms with van der Waals surface area (Å²) in [5.41, 5.74) is 2.59. The van der Waals surface area contributed by atoms with Gasteiger partial charge in [0.2, 0.25) is 0 Å². The zero-order valence-electron chi connectivity index (χ0n) is 18.1. The standard InChI is InChI=1S/C25H32N4O2/c30-24(26-23-11-13-27(14-12-23)19-21-7-3-1-4-8-21)25(31)29-17-15-28(16-18-29)20-22-9-5-2-6-10-22/h1-10,23H,11-20H2,(H,26,30). The number of rotatable bonds is 5. The Balaban J connectivity index is 1.17. The van der Waals surface area contributed by atoms with E-state index in [9.17, 15) is 9.59 Å². The molecule has 0 atom stereocenters. The molecule has 0 radical (unpaired) electrons. The molecule has 0 aromatic heterocycles. The van der Waals surface area contributed by atoms with Gasteiger partial charge in [0.1, 0.15) is 0 Å². The molecule has 4 rings (SSSR count). The molecular weight excluding hydrogens is 388 g/mol. The van der Waals surface area contributed by atoms with Gasteiger partial charge in [-0.25, -0.2) is 0 Å². The SMILES string of the molecule is O=C(NC1CCN(Cc2ccccc2)CC1)C(=O)N1CCN(Cc2ccccc2)CC1. The third-order valence-electron chi connectivity index (χ3n) is 6.27. The number of amides is 2. The largest absolute Gasteiger partial charge is 0.345 e. The van der Waals surface area contributed by atoms with Gasteiger partial charge in [-0.1, -0.05) is 60.7 Å². The van der Waals surface area contributed by atoms with Gasteiger partial charge in [0.25, 0.3) is 0 Å². The monoisotopic (exact) mass is 420 g/mol. The van der Waals surface area contributed by atoms with Crippen LogP contribution in [-0.2, 0) is 22.7 Å². The molecule has 0 spiro atoms. The summed E-state index contributed by atoms with van der Waals surface area (Å²) in [7, 11) is 0. The fourth-order valence-electron chi connectivity index (χ4n) is 4.42. The van der Waals surface area contributed by atoms with Crippen molar-refractivity contribution in [3.8, 4) is 0 Å². The second-order valence-electron chi connectivity index (χ2n) is 8.56. The molecule has 2 amide bonds. The van der Waals surface area contributed by atoms with Crippen LogP contribution in [-0.4, -0.2) is 71.8 Å². The summed E-state index contributed by atoms with van der Waals surface area (Å²) in [4.78, 5) is 31.6. The third kappa shape index (κ3) is 6.15. The maximum Gasteiger partial charge on any atom is 0.311 e. The number of hydrogen-bond acceptors (Lipinski definition) is 4. The molecule has 0 unspecified atom stereocenters. The van der Waals surface area contributed by atoms with Gasteiger partial charge in [0.15, 0.2) is 0 Å². The first-order valence-electron chi connectivity index (χ1n) is 11.3. The van der Waals surface area contributed by atoms with Crippen LogP contribution in [0.25, 0.3) is 0 Å². The Morgan fingerprint density at radius 3 is 1.71 bits per heavy atom. The maximum atomic E-state index is 12.6. The van der Waals surface area contributed by atoms with Crippen molar-refractivity contribution in [3.05, 3.63) is 71.8 Å². The van der Waals surface area contributed by atoms with Crippen LogP contribution in [0.1, 0.15) is 24.0 Å². The molecule has 2 fully saturated rings. The van der Waals surface area contributed by atoms with E-state index in [-0.39, 0.29) is 11.9 Å². The summed E-state index contributed by atoms with van der Waals surface area (Å²) < 4.78 is 0. The molecule has 2 aromatic carbocycles. The van der Waals surface area contributed by atoms with Gasteiger partial charge in [-0.05, 0) is 24.0 Å². The Kier molecular flexibility index (Phi) is 7.33. The summed E-state index contributed by atoms with van der Waals surface area (Å²) in [5.74, 6) is -0.830. The molecule has 2 aliphatic rings. The summed E-state index contributed by atoms with van der Waals surface area (Å²) in [6, 6.07) is 20.9. The van der Waals surface area contributed by atoms with E-state index in [2.05, 4.69) is 51.5 Å². The molecule has 6 nitrogen and oxygen atoms in total. The number of carbonyl (C=O) groups excluding carboxylic acids is 2. The van der Waals surface area contributed by atoms with E-state index < -0.39 is 5.91 Å². The minimum atomic E-state index is -0.446. The van der Waals surface area contributed by atoms with Gasteiger partial charge in [-0.3, -0.25) is 19.4 Å². The molecule has 2 heterocycles. The Labute approximate surface area is 184 Å². The summed E-state index contributed by atoms with van der Waals surface area (Å²) >= 11 is 0. The smallest absolute Gasteiger partial charge is 0.311 e. The second kappa shape index (κ2) is 10.6. The lowest BCUT2D eigenvalue weighted by molar-refractivity contribution is -0.147. The maximum absolute atomic E-state index is 12.6. The first kappa shape index (κ1) is 21.5. The molecule has 6 heteroatoms. The van der Waals surface area contributed by atoms with Gasteiger partial charge in [-0.2, -0.15) is 0 Å². The van der Waals surface area contributed by atoms with E-state index in [0.29, 0.717) is 13.1 Å². The van der Waals surface area contributed by atoms with E-state index in [1.807, 2.05) is 24.3 Å². The fraction of sp³-hybridized carbons (Fsp3) is 0.440. The highest BCUT2D eigenvalue weighted by Crippen LogP contribution is 2.14. The van der Waals surface area contributed by atoms with Crippen LogP contribution in [0, 0.1) is 0 Å². The number of carbonyl (C=O) groups is 2. The van der Waals surface area contributed by atoms with Crippen LogP contribution in [0.5, 0.6) is 0 Å². The second-order valence-corrected chi connectivity index (χ2v) is 8.56. The number of piperazine rings is 1. The van der Waals surface area contributed by atoms with Gasteiger partial charge >= 0.3 is 11.8 Å². The minimum Gasteiger partial charge on any atom is -0.345 e. The highest BCUT2D eigenvalue weighted by atomic mass is 16.2. The lowest BCUT2D eigenvalue weighted by Crippen LogP contribution is -2.54. The highest BCUT2D eigenvalue weighted by Gasteiger charge is 2.28. The van der Waals surface area contributed by atoms with Gasteiger partial charge in [0.05, 0.1) is 0 Å². The van der Waals surface area contributed by atoms with Crippen molar-refractivity contribution in [1.82, 2.24) is 20.0 Å². The average molecular weight is 421 g/mol. The predicted octanol–water partition coefficient (Wildman–Crippen LogP) is 2.11. The van der Waals surface area contributed by atoms with Crippen LogP contribution in [0.3, 0.4) is 0 Å². The number of nitrogens with one attached hydrogen (secondary N) is 1. The number of benzene rings is 2. The summed E-state index contributed by atoms with van der Waals surface area (Å²) in [6.07, 6.45) is 1.77. The molecule has 0 bridgehead atoms. The molecule has 164 valence electrons. The summed E-state index contributed by atoms with van der Waals surface area (Å²) in [5, 5.41) is 2.98. The van der Waals surface area contributed by atoms with Crippen molar-refractivity contribution >= 4 is 11.8 Å². The Bertz CT molecular complexity index is 842. The van der Waals surface area contributed by atoms with Crippen molar-refractivity contribution in [3.63, 3.8) is 0 Å². The Morgan fingerprint density at radius 2 is 1.19 bits per heavy atom. The molecule has 31 heavy (non-hydrogen) atoms. The van der Waals surface area contributed by atoms with E-state index in [0.717, 1.165) is 52.1 Å². The van der Waals surface area contributed by atoms with E-state index >= 15 is 0 Å². The first-order chi connectivity index (χ1) is 15.2. The summed E-state index contributed by atoms with van der Waals surface area (Å²) in [6.45, 7) is 6.50. The lowest BCUT2D eigenvalue weighted by Gasteiger charge is -2.35. The third-order valence-corrected chi connectivity index (χ3v) is 6.27. The Morgan fingerprint density at radius 1 is 0.710 bits per heavy atom. The molecule has 2 aromatic rings. The molecule has 2 saturated heterocycles. The van der Waals surface area contributed by atoms with Crippen molar-refractivity contribution in [2.24, 2.45) is 0 Å². The van der Waals surface area contributed by atoms with Crippen LogP contribution >= 0.6 is 0 Å². The quantitative estimate of drug-likeness (QED) is 0.753. The van der Waals surface area contributed by atoms with Crippen LogP contribution < -0.4 is 5.32 Å². The number of piperidine rings is 1. The van der Waals surface area contributed by atoms with Gasteiger partial charge < -0.3 is 10.2 Å².